The molecule has 5 atom stereocenters. The van der Waals surface area contributed by atoms with E-state index < -0.39 is 18.2 Å². The molecule has 1 saturated carbocycles. The predicted molar refractivity (Wildman–Crippen MR) is 154 cm³/mol. The van der Waals surface area contributed by atoms with Crippen molar-refractivity contribution in [2.45, 2.75) is 49.5 Å². The van der Waals surface area contributed by atoms with Gasteiger partial charge in [-0.1, -0.05) is 60.7 Å². The lowest BCUT2D eigenvalue weighted by molar-refractivity contribution is -0.192. The zero-order valence-corrected chi connectivity index (χ0v) is 24.3. The van der Waals surface area contributed by atoms with Gasteiger partial charge < -0.3 is 25.1 Å². The van der Waals surface area contributed by atoms with Gasteiger partial charge in [-0.25, -0.2) is 14.4 Å². The van der Waals surface area contributed by atoms with E-state index in [4.69, 9.17) is 9.90 Å². The van der Waals surface area contributed by atoms with Crippen molar-refractivity contribution in [3.63, 3.8) is 0 Å². The maximum atomic E-state index is 13.4. The van der Waals surface area contributed by atoms with Crippen LogP contribution in [0.5, 0.6) is 0 Å². The number of fused-ring (bicyclic) bond motifs is 1. The molecule has 3 aliphatic heterocycles. The van der Waals surface area contributed by atoms with Crippen LogP contribution in [0.15, 0.2) is 60.7 Å². The number of piperidine rings is 1. The molecule has 5 amide bonds. The molecule has 10 nitrogen and oxygen atoms in total. The number of amides is 5. The Morgan fingerprint density at radius 2 is 1.59 bits per heavy atom. The molecule has 0 radical (unpaired) electrons. The van der Waals surface area contributed by atoms with Crippen molar-refractivity contribution < 1.29 is 37.5 Å². The van der Waals surface area contributed by atoms with E-state index in [0.717, 1.165) is 32.4 Å². The van der Waals surface area contributed by atoms with Gasteiger partial charge >= 0.3 is 24.2 Å². The average molecular weight is 616 g/mol. The molecule has 2 N–H and O–H groups in total. The lowest BCUT2D eigenvalue weighted by Crippen LogP contribution is -2.59. The van der Waals surface area contributed by atoms with Crippen LogP contribution in [-0.4, -0.2) is 113 Å². The van der Waals surface area contributed by atoms with Crippen LogP contribution in [0.1, 0.15) is 29.9 Å². The van der Waals surface area contributed by atoms with Gasteiger partial charge in [-0.05, 0) is 49.9 Å². The summed E-state index contributed by atoms with van der Waals surface area (Å²) in [5.74, 6) is -2.39. The standard InChI is InChI=1S/C29H35N5O3.C2HF3O2/c1-31-13-12-24(22(18-31)16-20-8-4-2-5-9-20)30-28(36)32-14-15-33-26(19-32)27(35)34(29(33)37)25-17-23(25)21-10-6-3-7-11-21;3-2(4,5)1(6)7/h2-11,22-26H,12-19H2,1H3,(H,30,36);(H,6,7)/t22?,23-,24?,25+,26+;/m1./s1. The average Bonchev–Trinajstić information content (AvgIpc) is 3.74. The van der Waals surface area contributed by atoms with Gasteiger partial charge in [0.05, 0.1) is 6.54 Å². The number of carboxylic acids is 1. The first-order valence-electron chi connectivity index (χ1n) is 14.7. The zero-order valence-electron chi connectivity index (χ0n) is 24.3. The van der Waals surface area contributed by atoms with Crippen LogP contribution in [0.2, 0.25) is 0 Å². The summed E-state index contributed by atoms with van der Waals surface area (Å²) in [6.45, 7) is 2.97. The summed E-state index contributed by atoms with van der Waals surface area (Å²) in [4.78, 5) is 56.0. The first-order chi connectivity index (χ1) is 20.9. The monoisotopic (exact) mass is 615 g/mol. The number of aliphatic carboxylic acids is 1. The van der Waals surface area contributed by atoms with E-state index in [-0.39, 0.29) is 42.5 Å². The second-order valence-electron chi connectivity index (χ2n) is 11.8. The van der Waals surface area contributed by atoms with Crippen LogP contribution in [-0.2, 0) is 16.0 Å². The fourth-order valence-corrected chi connectivity index (χ4v) is 6.41. The summed E-state index contributed by atoms with van der Waals surface area (Å²) in [5.41, 5.74) is 2.45. The van der Waals surface area contributed by atoms with Crippen LogP contribution >= 0.6 is 0 Å². The minimum atomic E-state index is -5.08. The number of benzene rings is 2. The number of carbonyl (C=O) groups is 4. The molecule has 0 spiro atoms. The van der Waals surface area contributed by atoms with Gasteiger partial charge in [0.1, 0.15) is 6.04 Å². The molecule has 4 aliphatic rings. The Balaban J connectivity index is 0.000000493. The number of piperazine rings is 1. The smallest absolute Gasteiger partial charge is 0.475 e. The molecule has 4 fully saturated rings. The summed E-state index contributed by atoms with van der Waals surface area (Å²) >= 11 is 0. The van der Waals surface area contributed by atoms with Crippen molar-refractivity contribution in [2.24, 2.45) is 5.92 Å². The first kappa shape index (κ1) is 31.3. The summed E-state index contributed by atoms with van der Waals surface area (Å²) in [6.07, 6.45) is -2.46. The topological polar surface area (TPSA) is 114 Å². The van der Waals surface area contributed by atoms with Gasteiger partial charge in [-0.2, -0.15) is 13.2 Å². The minimum Gasteiger partial charge on any atom is -0.475 e. The SMILES string of the molecule is CN1CCC(NC(=O)N2CCN3C(=O)N([C@H]4C[C@@H]4c4ccccc4)C(=O)[C@@H]3C2)C(Cc2ccccc2)C1.O=C(O)C(F)(F)F. The maximum absolute atomic E-state index is 13.4. The molecule has 13 heteroatoms. The summed E-state index contributed by atoms with van der Waals surface area (Å²) in [5, 5.41) is 10.4. The Labute approximate surface area is 253 Å². The van der Waals surface area contributed by atoms with Gasteiger partial charge in [-0.15, -0.1) is 0 Å². The maximum Gasteiger partial charge on any atom is 0.490 e. The van der Waals surface area contributed by atoms with Crippen molar-refractivity contribution in [3.8, 4) is 0 Å². The normalized spacial score (nSPS) is 26.9. The Bertz CT molecular complexity index is 1360. The summed E-state index contributed by atoms with van der Waals surface area (Å²) < 4.78 is 31.7. The van der Waals surface area contributed by atoms with Crippen molar-refractivity contribution in [1.82, 2.24) is 24.9 Å². The van der Waals surface area contributed by atoms with Crippen LogP contribution in [0, 0.1) is 5.92 Å². The second-order valence-corrected chi connectivity index (χ2v) is 11.8. The van der Waals surface area contributed by atoms with Gasteiger partial charge in [0, 0.05) is 37.6 Å². The number of hydrogen-bond acceptors (Lipinski definition) is 5. The van der Waals surface area contributed by atoms with Crippen molar-refractivity contribution in [2.75, 3.05) is 39.8 Å². The Hall–Kier alpha value is -4.13. The largest absolute Gasteiger partial charge is 0.490 e. The first-order valence-corrected chi connectivity index (χ1v) is 14.7. The molecule has 1 aliphatic carbocycles. The van der Waals surface area contributed by atoms with Crippen molar-refractivity contribution in [3.05, 3.63) is 71.8 Å². The Morgan fingerprint density at radius 1 is 0.955 bits per heavy atom. The highest BCUT2D eigenvalue weighted by molar-refractivity contribution is 6.05. The molecule has 0 aromatic heterocycles. The number of imide groups is 1. The third kappa shape index (κ3) is 6.98. The number of carbonyl (C=O) groups excluding carboxylic acids is 3. The molecule has 2 aromatic rings. The third-order valence-electron chi connectivity index (χ3n) is 8.79. The molecular formula is C31H36F3N5O5. The molecule has 2 unspecified atom stereocenters. The molecule has 2 aromatic carbocycles. The number of likely N-dealkylation sites (tertiary alicyclic amines) is 1. The lowest BCUT2D eigenvalue weighted by Gasteiger charge is -2.40. The van der Waals surface area contributed by atoms with E-state index in [1.807, 2.05) is 24.3 Å². The molecule has 3 saturated heterocycles. The van der Waals surface area contributed by atoms with Crippen molar-refractivity contribution in [1.29, 1.82) is 0 Å². The van der Waals surface area contributed by atoms with Crippen LogP contribution < -0.4 is 5.32 Å². The van der Waals surface area contributed by atoms with E-state index in [1.165, 1.54) is 16.0 Å². The fourth-order valence-electron chi connectivity index (χ4n) is 6.41. The second kappa shape index (κ2) is 12.8. The van der Waals surface area contributed by atoms with Crippen LogP contribution in [0.3, 0.4) is 0 Å². The van der Waals surface area contributed by atoms with E-state index in [1.54, 1.807) is 9.80 Å². The van der Waals surface area contributed by atoms with Crippen molar-refractivity contribution >= 4 is 23.9 Å². The molecule has 0 bridgehead atoms. The molecule has 236 valence electrons. The van der Waals surface area contributed by atoms with Crippen LogP contribution in [0.4, 0.5) is 22.8 Å². The predicted octanol–water partition coefficient (Wildman–Crippen LogP) is 3.40. The highest BCUT2D eigenvalue weighted by Gasteiger charge is 2.56. The minimum absolute atomic E-state index is 0.0757. The number of rotatable bonds is 5. The number of carboxylic acid groups (broad SMARTS) is 1. The van der Waals surface area contributed by atoms with E-state index in [9.17, 15) is 27.6 Å². The number of nitrogens with one attached hydrogen (secondary N) is 1. The third-order valence-corrected chi connectivity index (χ3v) is 8.79. The van der Waals surface area contributed by atoms with E-state index in [2.05, 4.69) is 53.7 Å². The fraction of sp³-hybridized carbons (Fsp3) is 0.484. The van der Waals surface area contributed by atoms with Gasteiger partial charge in [-0.3, -0.25) is 9.69 Å². The number of nitrogens with zero attached hydrogens (tertiary/aromatic N) is 4. The highest BCUT2D eigenvalue weighted by atomic mass is 19.4. The molecule has 3 heterocycles. The molecule has 6 rings (SSSR count). The summed E-state index contributed by atoms with van der Waals surface area (Å²) in [7, 11) is 2.13. The molecule has 44 heavy (non-hydrogen) atoms. The number of hydrogen-bond donors (Lipinski definition) is 2. The van der Waals surface area contributed by atoms with E-state index >= 15 is 0 Å². The van der Waals surface area contributed by atoms with Crippen LogP contribution in [0.25, 0.3) is 0 Å². The highest BCUT2D eigenvalue weighted by Crippen LogP contribution is 2.46. The lowest BCUT2D eigenvalue weighted by atomic mass is 9.87. The summed E-state index contributed by atoms with van der Waals surface area (Å²) in [6, 6.07) is 19.6. The van der Waals surface area contributed by atoms with E-state index in [0.29, 0.717) is 19.0 Å². The number of urea groups is 2. The number of halogens is 3. The van der Waals surface area contributed by atoms with Gasteiger partial charge in [0.15, 0.2) is 0 Å². The zero-order chi connectivity index (χ0) is 31.6. The molecular weight excluding hydrogens is 579 g/mol. The van der Waals surface area contributed by atoms with Gasteiger partial charge in [0.2, 0.25) is 0 Å². The van der Waals surface area contributed by atoms with Gasteiger partial charge in [0.25, 0.3) is 5.91 Å². The Kier molecular flexibility index (Phi) is 9.14. The quantitative estimate of drug-likeness (QED) is 0.499. The Morgan fingerprint density at radius 3 is 2.23 bits per heavy atom. The number of alkyl halides is 3.